The van der Waals surface area contributed by atoms with E-state index in [1.807, 2.05) is 32.9 Å². The monoisotopic (exact) mass is 329 g/mol. The molecule has 128 valence electrons. The first kappa shape index (κ1) is 17.5. The van der Waals surface area contributed by atoms with Crippen molar-refractivity contribution in [2.75, 3.05) is 23.1 Å². The van der Waals surface area contributed by atoms with Gasteiger partial charge in [0.1, 0.15) is 5.75 Å². The largest absolute Gasteiger partial charge is 0.497 e. The molecule has 0 fully saturated rings. The lowest BCUT2D eigenvalue weighted by molar-refractivity contribution is 0.195. The molecule has 0 atom stereocenters. The van der Waals surface area contributed by atoms with Crippen molar-refractivity contribution in [2.45, 2.75) is 26.3 Å². The molecule has 2 aromatic carbocycles. The standard InChI is InChI=1S/C18H23N3O3/c1-18(2,3)21(17(22)23)13-7-5-6-12(10-13)20-16-9-8-14(24-4)11-15(16)19/h5-11,20H,19H2,1-4H3,(H,22,23). The summed E-state index contributed by atoms with van der Waals surface area (Å²) in [5, 5.41) is 12.7. The Morgan fingerprint density at radius 2 is 1.92 bits per heavy atom. The van der Waals surface area contributed by atoms with E-state index in [-0.39, 0.29) is 0 Å². The van der Waals surface area contributed by atoms with Crippen LogP contribution in [-0.2, 0) is 0 Å². The molecule has 0 bridgehead atoms. The topological polar surface area (TPSA) is 87.8 Å². The lowest BCUT2D eigenvalue weighted by Crippen LogP contribution is -2.45. The van der Waals surface area contributed by atoms with Crippen LogP contribution in [-0.4, -0.2) is 23.8 Å². The number of rotatable bonds is 4. The molecule has 6 nitrogen and oxygen atoms in total. The van der Waals surface area contributed by atoms with Gasteiger partial charge in [0.25, 0.3) is 0 Å². The first-order valence-corrected chi connectivity index (χ1v) is 7.56. The predicted octanol–water partition coefficient (Wildman–Crippen LogP) is 4.30. The smallest absolute Gasteiger partial charge is 0.412 e. The van der Waals surface area contributed by atoms with Gasteiger partial charge in [-0.15, -0.1) is 0 Å². The molecular formula is C18H23N3O3. The molecule has 0 aliphatic heterocycles. The zero-order valence-corrected chi connectivity index (χ0v) is 14.3. The number of carbonyl (C=O) groups is 1. The van der Waals surface area contributed by atoms with Gasteiger partial charge >= 0.3 is 6.09 Å². The average molecular weight is 329 g/mol. The van der Waals surface area contributed by atoms with Crippen LogP contribution in [0.5, 0.6) is 5.75 Å². The van der Waals surface area contributed by atoms with E-state index in [1.165, 1.54) is 4.90 Å². The predicted molar refractivity (Wildman–Crippen MR) is 97.4 cm³/mol. The van der Waals surface area contributed by atoms with Crippen molar-refractivity contribution in [3.63, 3.8) is 0 Å². The molecule has 6 heteroatoms. The van der Waals surface area contributed by atoms with Gasteiger partial charge < -0.3 is 20.9 Å². The highest BCUT2D eigenvalue weighted by Crippen LogP contribution is 2.30. The molecular weight excluding hydrogens is 306 g/mol. The SMILES string of the molecule is COc1ccc(Nc2cccc(N(C(=O)O)C(C)(C)C)c2)c(N)c1. The van der Waals surface area contributed by atoms with Crippen molar-refractivity contribution >= 4 is 28.8 Å². The number of nitrogens with one attached hydrogen (secondary N) is 1. The molecule has 0 aliphatic rings. The fourth-order valence-corrected chi connectivity index (χ4v) is 2.44. The van der Waals surface area contributed by atoms with Crippen molar-refractivity contribution in [3.8, 4) is 5.75 Å². The summed E-state index contributed by atoms with van der Waals surface area (Å²) in [4.78, 5) is 12.9. The van der Waals surface area contributed by atoms with E-state index < -0.39 is 11.6 Å². The number of nitrogens with two attached hydrogens (primary N) is 1. The van der Waals surface area contributed by atoms with Gasteiger partial charge in [0.15, 0.2) is 0 Å². The number of anilines is 4. The van der Waals surface area contributed by atoms with Crippen molar-refractivity contribution in [3.05, 3.63) is 42.5 Å². The maximum Gasteiger partial charge on any atom is 0.412 e. The summed E-state index contributed by atoms with van der Waals surface area (Å²) in [6.45, 7) is 5.55. The summed E-state index contributed by atoms with van der Waals surface area (Å²) in [5.74, 6) is 0.677. The zero-order chi connectivity index (χ0) is 17.9. The maximum atomic E-state index is 11.6. The van der Waals surface area contributed by atoms with E-state index in [1.54, 1.807) is 37.4 Å². The number of amides is 1. The molecule has 2 aromatic rings. The fourth-order valence-electron chi connectivity index (χ4n) is 2.44. The number of nitrogens with zero attached hydrogens (tertiary/aromatic N) is 1. The van der Waals surface area contributed by atoms with E-state index in [0.29, 0.717) is 17.1 Å². The van der Waals surface area contributed by atoms with Crippen molar-refractivity contribution in [1.29, 1.82) is 0 Å². The second-order valence-electron chi connectivity index (χ2n) is 6.42. The molecule has 4 N–H and O–H groups in total. The van der Waals surface area contributed by atoms with Crippen LogP contribution in [0.25, 0.3) is 0 Å². The van der Waals surface area contributed by atoms with Gasteiger partial charge in [0.05, 0.1) is 18.5 Å². The molecule has 1 amide bonds. The first-order chi connectivity index (χ1) is 11.2. The Balaban J connectivity index is 2.32. The Bertz CT molecular complexity index is 739. The summed E-state index contributed by atoms with van der Waals surface area (Å²) in [5.41, 5.74) is 8.08. The molecule has 2 rings (SSSR count). The molecule has 24 heavy (non-hydrogen) atoms. The lowest BCUT2D eigenvalue weighted by Gasteiger charge is -2.33. The van der Waals surface area contributed by atoms with Crippen LogP contribution >= 0.6 is 0 Å². The third-order valence-electron chi connectivity index (χ3n) is 3.50. The van der Waals surface area contributed by atoms with Crippen LogP contribution in [0.4, 0.5) is 27.5 Å². The van der Waals surface area contributed by atoms with Gasteiger partial charge in [-0.05, 0) is 51.1 Å². The molecule has 0 saturated carbocycles. The van der Waals surface area contributed by atoms with E-state index in [4.69, 9.17) is 10.5 Å². The third-order valence-corrected chi connectivity index (χ3v) is 3.50. The second kappa shape index (κ2) is 6.70. The molecule has 0 aliphatic carbocycles. The van der Waals surface area contributed by atoms with Crippen molar-refractivity contribution in [1.82, 2.24) is 0 Å². The number of carboxylic acid groups (broad SMARTS) is 1. The number of benzene rings is 2. The Kier molecular flexibility index (Phi) is 4.87. The summed E-state index contributed by atoms with van der Waals surface area (Å²) >= 11 is 0. The number of hydrogen-bond acceptors (Lipinski definition) is 4. The number of hydrogen-bond donors (Lipinski definition) is 3. The normalized spacial score (nSPS) is 11.0. The molecule has 0 heterocycles. The molecule has 0 radical (unpaired) electrons. The van der Waals surface area contributed by atoms with Gasteiger partial charge in [0.2, 0.25) is 0 Å². The Morgan fingerprint density at radius 3 is 2.46 bits per heavy atom. The van der Waals surface area contributed by atoms with Crippen LogP contribution in [0.15, 0.2) is 42.5 Å². The molecule has 0 aromatic heterocycles. The van der Waals surface area contributed by atoms with Gasteiger partial charge in [-0.2, -0.15) is 0 Å². The van der Waals surface area contributed by atoms with Gasteiger partial charge in [-0.3, -0.25) is 4.90 Å². The molecule has 0 unspecified atom stereocenters. The van der Waals surface area contributed by atoms with E-state index in [0.717, 1.165) is 11.4 Å². The first-order valence-electron chi connectivity index (χ1n) is 7.56. The number of nitrogen functional groups attached to an aromatic ring is 1. The minimum atomic E-state index is -0.997. The maximum absolute atomic E-state index is 11.6. The van der Waals surface area contributed by atoms with Crippen LogP contribution in [0.3, 0.4) is 0 Å². The van der Waals surface area contributed by atoms with E-state index in [9.17, 15) is 9.90 Å². The molecule has 0 spiro atoms. The summed E-state index contributed by atoms with van der Waals surface area (Å²) in [6, 6.07) is 12.6. The third kappa shape index (κ3) is 3.90. The Labute approximate surface area is 141 Å². The summed E-state index contributed by atoms with van der Waals surface area (Å²) in [7, 11) is 1.58. The zero-order valence-electron chi connectivity index (χ0n) is 14.3. The number of methoxy groups -OCH3 is 1. The summed E-state index contributed by atoms with van der Waals surface area (Å²) < 4.78 is 5.13. The van der Waals surface area contributed by atoms with Gasteiger partial charge in [0, 0.05) is 23.0 Å². The van der Waals surface area contributed by atoms with E-state index in [2.05, 4.69) is 5.32 Å². The highest BCUT2D eigenvalue weighted by molar-refractivity contribution is 5.88. The van der Waals surface area contributed by atoms with Crippen molar-refractivity contribution in [2.24, 2.45) is 0 Å². The van der Waals surface area contributed by atoms with Crippen LogP contribution in [0.2, 0.25) is 0 Å². The minimum absolute atomic E-state index is 0.547. The molecule has 0 saturated heterocycles. The van der Waals surface area contributed by atoms with Crippen LogP contribution < -0.4 is 20.7 Å². The Hall–Kier alpha value is -2.89. The second-order valence-corrected chi connectivity index (χ2v) is 6.42. The fraction of sp³-hybridized carbons (Fsp3) is 0.278. The average Bonchev–Trinajstić information content (AvgIpc) is 2.48. The minimum Gasteiger partial charge on any atom is -0.497 e. The van der Waals surface area contributed by atoms with Gasteiger partial charge in [-0.25, -0.2) is 4.79 Å². The van der Waals surface area contributed by atoms with Crippen LogP contribution in [0.1, 0.15) is 20.8 Å². The number of ether oxygens (including phenoxy) is 1. The van der Waals surface area contributed by atoms with Gasteiger partial charge in [-0.1, -0.05) is 6.07 Å². The van der Waals surface area contributed by atoms with E-state index >= 15 is 0 Å². The highest BCUT2D eigenvalue weighted by Gasteiger charge is 2.27. The lowest BCUT2D eigenvalue weighted by atomic mass is 10.1. The quantitative estimate of drug-likeness (QED) is 0.728. The Morgan fingerprint density at radius 1 is 1.21 bits per heavy atom. The van der Waals surface area contributed by atoms with Crippen LogP contribution in [0, 0.1) is 0 Å². The van der Waals surface area contributed by atoms with Crippen molar-refractivity contribution < 1.29 is 14.6 Å². The summed E-state index contributed by atoms with van der Waals surface area (Å²) in [6.07, 6.45) is -0.997. The highest BCUT2D eigenvalue weighted by atomic mass is 16.5.